The number of thioether (sulfide) groups is 1. The van der Waals surface area contributed by atoms with Crippen molar-refractivity contribution in [1.82, 2.24) is 5.32 Å². The smallest absolute Gasteiger partial charge is 0.148 e. The van der Waals surface area contributed by atoms with Gasteiger partial charge in [0.1, 0.15) is 9.84 Å². The molecule has 0 rings (SSSR count). The maximum absolute atomic E-state index is 11.0. The van der Waals surface area contributed by atoms with Crippen molar-refractivity contribution in [2.24, 2.45) is 5.92 Å². The summed E-state index contributed by atoms with van der Waals surface area (Å²) < 4.78 is 22.0. The molecule has 0 aliphatic heterocycles. The molecule has 0 bridgehead atoms. The van der Waals surface area contributed by atoms with Crippen LogP contribution in [0.4, 0.5) is 0 Å². The molecule has 0 aromatic heterocycles. The summed E-state index contributed by atoms with van der Waals surface area (Å²) in [5.74, 6) is 3.34. The molecule has 16 heavy (non-hydrogen) atoms. The molecule has 0 fully saturated rings. The second kappa shape index (κ2) is 8.37. The van der Waals surface area contributed by atoms with Crippen LogP contribution in [-0.2, 0) is 9.84 Å². The lowest BCUT2D eigenvalue weighted by molar-refractivity contribution is 0.559. The molecule has 3 nitrogen and oxygen atoms in total. The molecule has 1 N–H and O–H groups in total. The molecule has 5 heteroatoms. The van der Waals surface area contributed by atoms with Gasteiger partial charge in [0.05, 0.1) is 5.75 Å². The molecule has 1 atom stereocenters. The fourth-order valence-corrected chi connectivity index (χ4v) is 3.37. The van der Waals surface area contributed by atoms with Gasteiger partial charge >= 0.3 is 0 Å². The first-order valence-corrected chi connectivity index (χ1v) is 9.01. The zero-order chi connectivity index (χ0) is 12.6. The minimum atomic E-state index is -2.85. The van der Waals surface area contributed by atoms with Gasteiger partial charge in [-0.2, -0.15) is 11.8 Å². The van der Waals surface area contributed by atoms with Gasteiger partial charge in [-0.25, -0.2) is 8.42 Å². The molecule has 0 aliphatic rings. The zero-order valence-corrected chi connectivity index (χ0v) is 12.5. The Hall–Kier alpha value is 0.260. The Morgan fingerprint density at radius 3 is 2.38 bits per heavy atom. The van der Waals surface area contributed by atoms with Crippen molar-refractivity contribution >= 4 is 21.6 Å². The third kappa shape index (κ3) is 12.3. The molecular weight excluding hydrogens is 242 g/mol. The van der Waals surface area contributed by atoms with Gasteiger partial charge < -0.3 is 5.32 Å². The van der Waals surface area contributed by atoms with Crippen LogP contribution in [-0.4, -0.2) is 44.5 Å². The van der Waals surface area contributed by atoms with Crippen molar-refractivity contribution < 1.29 is 8.42 Å². The average Bonchev–Trinajstić information content (AvgIpc) is 2.07. The third-order valence-corrected chi connectivity index (χ3v) is 4.55. The van der Waals surface area contributed by atoms with E-state index in [0.29, 0.717) is 0 Å². The van der Waals surface area contributed by atoms with Crippen molar-refractivity contribution in [1.29, 1.82) is 0 Å². The molecule has 0 spiro atoms. The maximum Gasteiger partial charge on any atom is 0.148 e. The van der Waals surface area contributed by atoms with Gasteiger partial charge in [-0.1, -0.05) is 13.8 Å². The second-order valence-electron chi connectivity index (χ2n) is 4.77. The summed E-state index contributed by atoms with van der Waals surface area (Å²) in [6.45, 7) is 7.27. The Morgan fingerprint density at radius 2 is 1.88 bits per heavy atom. The van der Waals surface area contributed by atoms with Gasteiger partial charge in [0.25, 0.3) is 0 Å². The molecule has 0 aromatic rings. The Bertz CT molecular complexity index is 263. The monoisotopic (exact) mass is 267 g/mol. The molecule has 0 radical (unpaired) electrons. The van der Waals surface area contributed by atoms with Crippen LogP contribution >= 0.6 is 11.8 Å². The van der Waals surface area contributed by atoms with E-state index in [9.17, 15) is 8.42 Å². The van der Waals surface area contributed by atoms with Crippen LogP contribution in [0.2, 0.25) is 0 Å². The highest BCUT2D eigenvalue weighted by atomic mass is 32.2. The maximum atomic E-state index is 11.0. The first-order chi connectivity index (χ1) is 7.31. The van der Waals surface area contributed by atoms with Crippen LogP contribution in [0.3, 0.4) is 0 Å². The van der Waals surface area contributed by atoms with E-state index in [1.807, 2.05) is 18.7 Å². The molecule has 0 heterocycles. The van der Waals surface area contributed by atoms with Crippen molar-refractivity contribution in [3.8, 4) is 0 Å². The van der Waals surface area contributed by atoms with E-state index in [2.05, 4.69) is 19.2 Å². The summed E-state index contributed by atoms with van der Waals surface area (Å²) in [5, 5.41) is 3.23. The van der Waals surface area contributed by atoms with Crippen molar-refractivity contribution in [3.05, 3.63) is 0 Å². The molecule has 0 aromatic carbocycles. The fraction of sp³-hybridized carbons (Fsp3) is 1.00. The number of hydrogen-bond acceptors (Lipinski definition) is 4. The normalized spacial score (nSPS) is 14.3. The summed E-state index contributed by atoms with van der Waals surface area (Å²) in [6.07, 6.45) is 2.38. The van der Waals surface area contributed by atoms with Gasteiger partial charge in [-0.05, 0) is 37.3 Å². The first kappa shape index (κ1) is 16.3. The van der Waals surface area contributed by atoms with Crippen LogP contribution in [0.15, 0.2) is 0 Å². The minimum Gasteiger partial charge on any atom is -0.313 e. The van der Waals surface area contributed by atoms with Gasteiger partial charge in [0, 0.05) is 12.3 Å². The van der Waals surface area contributed by atoms with Crippen molar-refractivity contribution in [2.45, 2.75) is 33.2 Å². The zero-order valence-electron chi connectivity index (χ0n) is 10.8. The van der Waals surface area contributed by atoms with Crippen LogP contribution < -0.4 is 5.32 Å². The van der Waals surface area contributed by atoms with E-state index in [-0.39, 0.29) is 11.8 Å². The highest BCUT2D eigenvalue weighted by Crippen LogP contribution is 2.08. The molecule has 1 unspecified atom stereocenters. The molecular formula is C11H25NO2S2. The summed E-state index contributed by atoms with van der Waals surface area (Å²) in [5.41, 5.74) is 0. The Labute approximate surface area is 105 Å². The highest BCUT2D eigenvalue weighted by Gasteiger charge is 2.08. The topological polar surface area (TPSA) is 46.2 Å². The van der Waals surface area contributed by atoms with Crippen LogP contribution in [0.5, 0.6) is 0 Å². The summed E-state index contributed by atoms with van der Waals surface area (Å²) in [7, 11) is -2.85. The van der Waals surface area contributed by atoms with Crippen LogP contribution in [0.1, 0.15) is 27.2 Å². The van der Waals surface area contributed by atoms with E-state index in [0.717, 1.165) is 24.6 Å². The molecule has 98 valence electrons. The fourth-order valence-electron chi connectivity index (χ4n) is 1.35. The summed E-state index contributed by atoms with van der Waals surface area (Å²) in [6, 6.07) is 0.0603. The molecule has 0 saturated heterocycles. The summed E-state index contributed by atoms with van der Waals surface area (Å²) >= 11 is 1.97. The highest BCUT2D eigenvalue weighted by molar-refractivity contribution is 7.99. The largest absolute Gasteiger partial charge is 0.313 e. The number of nitrogens with one attached hydrogen (secondary N) is 1. The summed E-state index contributed by atoms with van der Waals surface area (Å²) in [4.78, 5) is 0. The van der Waals surface area contributed by atoms with Crippen LogP contribution in [0, 0.1) is 5.92 Å². The lowest BCUT2D eigenvalue weighted by Crippen LogP contribution is -2.33. The van der Waals surface area contributed by atoms with Crippen molar-refractivity contribution in [3.63, 3.8) is 0 Å². The molecule has 0 amide bonds. The Balaban J connectivity index is 3.38. The second-order valence-corrected chi connectivity index (χ2v) is 8.10. The van der Waals surface area contributed by atoms with Gasteiger partial charge in [-0.3, -0.25) is 0 Å². The number of rotatable bonds is 9. The predicted octanol–water partition coefficient (Wildman–Crippen LogP) is 1.79. The van der Waals surface area contributed by atoms with Gasteiger partial charge in [0.15, 0.2) is 0 Å². The number of sulfone groups is 1. The van der Waals surface area contributed by atoms with E-state index in [1.54, 1.807) is 0 Å². The lowest BCUT2D eigenvalue weighted by Gasteiger charge is -2.12. The van der Waals surface area contributed by atoms with E-state index in [4.69, 9.17) is 0 Å². The standard InChI is InChI=1S/C11H25NO2S2/c1-10(2)8-15-7-5-6-12-11(3)9-16(4,13)14/h10-12H,5-9H2,1-4H3. The third-order valence-electron chi connectivity index (χ3n) is 1.96. The van der Waals surface area contributed by atoms with E-state index in [1.165, 1.54) is 12.0 Å². The number of hydrogen-bond donors (Lipinski definition) is 1. The average molecular weight is 267 g/mol. The molecule has 0 aliphatic carbocycles. The minimum absolute atomic E-state index is 0.0603. The predicted molar refractivity (Wildman–Crippen MR) is 74.0 cm³/mol. The first-order valence-electron chi connectivity index (χ1n) is 5.80. The van der Waals surface area contributed by atoms with Crippen LogP contribution in [0.25, 0.3) is 0 Å². The van der Waals surface area contributed by atoms with Gasteiger partial charge in [0.2, 0.25) is 0 Å². The van der Waals surface area contributed by atoms with E-state index < -0.39 is 9.84 Å². The lowest BCUT2D eigenvalue weighted by atomic mass is 10.3. The quantitative estimate of drug-likeness (QED) is 0.647. The van der Waals surface area contributed by atoms with E-state index >= 15 is 0 Å². The SMILES string of the molecule is CC(C)CSCCCNC(C)CS(C)(=O)=O. The Morgan fingerprint density at radius 1 is 1.25 bits per heavy atom. The Kier molecular flexibility index (Phi) is 8.50. The van der Waals surface area contributed by atoms with Gasteiger partial charge in [-0.15, -0.1) is 0 Å². The van der Waals surface area contributed by atoms with Crippen molar-refractivity contribution in [2.75, 3.05) is 30.1 Å². The molecule has 0 saturated carbocycles.